The van der Waals surface area contributed by atoms with Gasteiger partial charge in [0, 0.05) is 32.7 Å². The molecule has 2 heterocycles. The van der Waals surface area contributed by atoms with Crippen LogP contribution in [0.2, 0.25) is 0 Å². The van der Waals surface area contributed by atoms with Gasteiger partial charge in [0.25, 0.3) is 0 Å². The van der Waals surface area contributed by atoms with Gasteiger partial charge in [-0.05, 0) is 76.9 Å². The molecule has 0 fully saturated rings. The van der Waals surface area contributed by atoms with Crippen molar-refractivity contribution < 1.29 is 8.83 Å². The molecule has 264 valence electrons. The number of unbranched alkanes of at least 4 members (excludes halogenated alkanes) is 10. The molecule has 0 atom stereocenters. The van der Waals surface area contributed by atoms with Crippen molar-refractivity contribution in [2.24, 2.45) is 0 Å². The highest BCUT2D eigenvalue weighted by Crippen LogP contribution is 2.51. The first-order chi connectivity index (χ1) is 25.7. The van der Waals surface area contributed by atoms with Gasteiger partial charge in [-0.15, -0.1) is 0 Å². The number of hydrogen-bond acceptors (Lipinski definition) is 2. The van der Waals surface area contributed by atoms with Crippen LogP contribution in [-0.4, -0.2) is 0 Å². The minimum Gasteiger partial charge on any atom is -0.455 e. The van der Waals surface area contributed by atoms with Crippen molar-refractivity contribution in [2.45, 2.75) is 104 Å². The Morgan fingerprint density at radius 3 is 1.50 bits per heavy atom. The second-order valence-corrected chi connectivity index (χ2v) is 15.0. The fourth-order valence-electron chi connectivity index (χ4n) is 8.40. The van der Waals surface area contributed by atoms with Gasteiger partial charge in [0.1, 0.15) is 22.3 Å². The molecule has 0 amide bonds. The maximum absolute atomic E-state index is 7.09. The Morgan fingerprint density at radius 1 is 0.404 bits per heavy atom. The summed E-state index contributed by atoms with van der Waals surface area (Å²) < 4.78 is 14.1. The van der Waals surface area contributed by atoms with Gasteiger partial charge in [0.05, 0.1) is 0 Å². The zero-order valence-electron chi connectivity index (χ0n) is 31.1. The number of fused-ring (bicyclic) bond motifs is 7. The van der Waals surface area contributed by atoms with E-state index < -0.39 is 0 Å². The Labute approximate surface area is 308 Å². The lowest BCUT2D eigenvalue weighted by Gasteiger charge is -2.11. The van der Waals surface area contributed by atoms with Gasteiger partial charge < -0.3 is 8.83 Å². The average molecular weight is 685 g/mol. The molecule has 8 rings (SSSR count). The van der Waals surface area contributed by atoms with E-state index in [-0.39, 0.29) is 0 Å². The Bertz CT molecular complexity index is 2430. The van der Waals surface area contributed by atoms with Crippen molar-refractivity contribution in [1.82, 2.24) is 0 Å². The van der Waals surface area contributed by atoms with Gasteiger partial charge in [-0.2, -0.15) is 0 Å². The van der Waals surface area contributed by atoms with E-state index in [1.165, 1.54) is 98.9 Å². The second-order valence-electron chi connectivity index (χ2n) is 15.0. The van der Waals surface area contributed by atoms with Crippen molar-refractivity contribution in [3.63, 3.8) is 0 Å². The predicted molar refractivity (Wildman–Crippen MR) is 224 cm³/mol. The van der Waals surface area contributed by atoms with Crippen molar-refractivity contribution in [2.75, 3.05) is 0 Å². The molecule has 0 aliphatic heterocycles. The molecule has 0 N–H and O–H groups in total. The van der Waals surface area contributed by atoms with E-state index in [4.69, 9.17) is 8.83 Å². The first kappa shape index (κ1) is 34.3. The quantitative estimate of drug-likeness (QED) is 0.0947. The average Bonchev–Trinajstić information content (AvgIpc) is 3.74. The third-order valence-electron chi connectivity index (χ3n) is 11.2. The van der Waals surface area contributed by atoms with Crippen molar-refractivity contribution >= 4 is 54.6 Å². The number of furan rings is 2. The smallest absolute Gasteiger partial charge is 0.144 e. The summed E-state index contributed by atoms with van der Waals surface area (Å²) in [6.45, 7) is 4.56. The molecule has 0 aliphatic rings. The Morgan fingerprint density at radius 2 is 0.904 bits per heavy atom. The molecule has 8 aromatic rings. The maximum Gasteiger partial charge on any atom is 0.144 e. The van der Waals surface area contributed by atoms with Crippen molar-refractivity contribution in [3.8, 4) is 22.3 Å². The highest BCUT2D eigenvalue weighted by atomic mass is 16.3. The Balaban J connectivity index is 1.29. The molecule has 2 aromatic heterocycles. The summed E-state index contributed by atoms with van der Waals surface area (Å²) >= 11 is 0. The van der Waals surface area contributed by atoms with Crippen LogP contribution in [0.3, 0.4) is 0 Å². The van der Waals surface area contributed by atoms with Crippen LogP contribution in [0, 0.1) is 0 Å². The molecule has 0 unspecified atom stereocenters. The lowest BCUT2D eigenvalue weighted by Crippen LogP contribution is -1.88. The summed E-state index contributed by atoms with van der Waals surface area (Å²) in [4.78, 5) is 0. The SMILES string of the molecule is CCCCCCCCc1ccc2cc3c(cc2c1)oc1c(-c2ccccc2)c2c(oc4cc(CCCCCCCC)ccc42)c(-c2ccccc2)c13. The molecular weight excluding hydrogens is 633 g/mol. The van der Waals surface area contributed by atoms with Gasteiger partial charge in [0.15, 0.2) is 0 Å². The molecule has 0 bridgehead atoms. The Hall–Kier alpha value is -4.82. The zero-order chi connectivity index (χ0) is 35.3. The molecular formula is C50H52O2. The minimum atomic E-state index is 0.923. The fraction of sp³-hybridized carbons (Fsp3) is 0.320. The molecule has 2 nitrogen and oxygen atoms in total. The molecule has 52 heavy (non-hydrogen) atoms. The fourth-order valence-corrected chi connectivity index (χ4v) is 8.40. The zero-order valence-corrected chi connectivity index (χ0v) is 31.1. The Kier molecular flexibility index (Phi) is 10.4. The van der Waals surface area contributed by atoms with Crippen LogP contribution < -0.4 is 0 Å². The van der Waals surface area contributed by atoms with E-state index in [0.29, 0.717) is 0 Å². The summed E-state index contributed by atoms with van der Waals surface area (Å²) in [6, 6.07) is 40.1. The number of rotatable bonds is 16. The molecule has 2 heteroatoms. The van der Waals surface area contributed by atoms with E-state index in [2.05, 4.69) is 123 Å². The van der Waals surface area contributed by atoms with E-state index in [1.807, 2.05) is 0 Å². The van der Waals surface area contributed by atoms with Crippen LogP contribution in [0.25, 0.3) is 76.9 Å². The van der Waals surface area contributed by atoms with Crippen LogP contribution in [-0.2, 0) is 12.8 Å². The van der Waals surface area contributed by atoms with Gasteiger partial charge in [-0.1, -0.05) is 169 Å². The third kappa shape index (κ3) is 6.88. The summed E-state index contributed by atoms with van der Waals surface area (Å²) in [6.07, 6.45) is 17.9. The maximum atomic E-state index is 7.09. The highest BCUT2D eigenvalue weighted by molar-refractivity contribution is 6.30. The summed E-state index contributed by atoms with van der Waals surface area (Å²) in [5.41, 5.74) is 11.0. The van der Waals surface area contributed by atoms with Crippen molar-refractivity contribution in [3.05, 3.63) is 120 Å². The van der Waals surface area contributed by atoms with E-state index in [0.717, 1.165) is 79.0 Å². The first-order valence-corrected chi connectivity index (χ1v) is 20.1. The molecule has 0 radical (unpaired) electrons. The van der Waals surface area contributed by atoms with Crippen LogP contribution in [0.5, 0.6) is 0 Å². The number of hydrogen-bond donors (Lipinski definition) is 0. The van der Waals surface area contributed by atoms with E-state index in [9.17, 15) is 0 Å². The van der Waals surface area contributed by atoms with Crippen LogP contribution in [0.4, 0.5) is 0 Å². The number of benzene rings is 6. The standard InChI is InChI=1S/C50H52O2/c1-3-5-7-9-11-15-21-35-27-29-39-33-42-44(34-40(39)31-35)52-50-45(37-23-17-13-18-24-37)47-41-30-28-36(22-16-12-10-8-6-4-2)32-43(41)51-49(47)46(48(42)50)38-25-19-14-20-26-38/h13-14,17-20,23-34H,3-12,15-16,21-22H2,1-2H3. The van der Waals surface area contributed by atoms with Crippen LogP contribution in [0.1, 0.15) is 102 Å². The summed E-state index contributed by atoms with van der Waals surface area (Å²) in [5.74, 6) is 0. The van der Waals surface area contributed by atoms with Crippen LogP contribution in [0.15, 0.2) is 118 Å². The van der Waals surface area contributed by atoms with Gasteiger partial charge >= 0.3 is 0 Å². The largest absolute Gasteiger partial charge is 0.455 e. The lowest BCUT2D eigenvalue weighted by molar-refractivity contribution is 0.607. The van der Waals surface area contributed by atoms with Gasteiger partial charge in [-0.3, -0.25) is 0 Å². The highest BCUT2D eigenvalue weighted by Gasteiger charge is 2.26. The van der Waals surface area contributed by atoms with Crippen LogP contribution >= 0.6 is 0 Å². The molecule has 6 aromatic carbocycles. The van der Waals surface area contributed by atoms with Gasteiger partial charge in [0.2, 0.25) is 0 Å². The lowest BCUT2D eigenvalue weighted by atomic mass is 9.90. The molecule has 0 saturated carbocycles. The second kappa shape index (κ2) is 15.8. The molecule has 0 aliphatic carbocycles. The first-order valence-electron chi connectivity index (χ1n) is 20.1. The molecule has 0 spiro atoms. The van der Waals surface area contributed by atoms with Crippen molar-refractivity contribution in [1.29, 1.82) is 0 Å². The molecule has 0 saturated heterocycles. The minimum absolute atomic E-state index is 0.923. The van der Waals surface area contributed by atoms with Gasteiger partial charge in [-0.25, -0.2) is 0 Å². The predicted octanol–water partition coefficient (Wildman–Crippen LogP) is 15.8. The summed E-state index contributed by atoms with van der Waals surface area (Å²) in [5, 5.41) is 7.01. The third-order valence-corrected chi connectivity index (χ3v) is 11.2. The summed E-state index contributed by atoms with van der Waals surface area (Å²) in [7, 11) is 0. The van der Waals surface area contributed by atoms with E-state index >= 15 is 0 Å². The van der Waals surface area contributed by atoms with E-state index in [1.54, 1.807) is 0 Å². The monoisotopic (exact) mass is 684 g/mol. The normalized spacial score (nSPS) is 12.0. The topological polar surface area (TPSA) is 26.3 Å². The number of aryl methyl sites for hydroxylation is 2.